The smallest absolute Gasteiger partial charge is 0.0834 e. The normalized spacial score (nSPS) is 24.2. The van der Waals surface area contributed by atoms with E-state index in [9.17, 15) is 0 Å². The topological polar surface area (TPSA) is 29.9 Å². The van der Waals surface area contributed by atoms with Crippen molar-refractivity contribution in [2.24, 2.45) is 11.8 Å². The fourth-order valence-electron chi connectivity index (χ4n) is 3.73. The van der Waals surface area contributed by atoms with E-state index >= 15 is 0 Å². The van der Waals surface area contributed by atoms with Crippen molar-refractivity contribution in [3.05, 3.63) is 16.9 Å². The third-order valence-corrected chi connectivity index (χ3v) is 5.20. The number of nitrogens with one attached hydrogen (secondary N) is 1. The summed E-state index contributed by atoms with van der Waals surface area (Å²) in [5.41, 5.74) is 1.20. The lowest BCUT2D eigenvalue weighted by Gasteiger charge is -2.35. The Labute approximate surface area is 134 Å². The molecule has 3 unspecified atom stereocenters. The largest absolute Gasteiger partial charge is 0.308 e. The Morgan fingerprint density at radius 2 is 2.19 bits per heavy atom. The zero-order valence-electron chi connectivity index (χ0n) is 13.7. The molecule has 0 aliphatic heterocycles. The van der Waals surface area contributed by atoms with E-state index in [-0.39, 0.29) is 0 Å². The van der Waals surface area contributed by atoms with Gasteiger partial charge in [-0.05, 0) is 44.6 Å². The number of hydrogen-bond donors (Lipinski definition) is 1. The van der Waals surface area contributed by atoms with Crippen LogP contribution in [0.15, 0.2) is 6.20 Å². The summed E-state index contributed by atoms with van der Waals surface area (Å²) < 4.78 is 2.07. The predicted molar refractivity (Wildman–Crippen MR) is 89.7 cm³/mol. The van der Waals surface area contributed by atoms with Crippen molar-refractivity contribution >= 4 is 11.6 Å². The molecular weight excluding hydrogens is 282 g/mol. The van der Waals surface area contributed by atoms with E-state index in [4.69, 9.17) is 11.6 Å². The van der Waals surface area contributed by atoms with E-state index < -0.39 is 0 Å². The van der Waals surface area contributed by atoms with Crippen LogP contribution in [0, 0.1) is 11.8 Å². The average molecular weight is 312 g/mol. The lowest BCUT2D eigenvalue weighted by molar-refractivity contribution is 0.203. The van der Waals surface area contributed by atoms with E-state index in [0.29, 0.717) is 12.0 Å². The quantitative estimate of drug-likeness (QED) is 0.783. The van der Waals surface area contributed by atoms with Crippen LogP contribution in [0.25, 0.3) is 0 Å². The number of nitrogens with zero attached hydrogens (tertiary/aromatic N) is 2. The Bertz CT molecular complexity index is 430. The van der Waals surface area contributed by atoms with Crippen molar-refractivity contribution in [1.29, 1.82) is 0 Å². The van der Waals surface area contributed by atoms with Crippen LogP contribution in [0.2, 0.25) is 5.02 Å². The van der Waals surface area contributed by atoms with Crippen LogP contribution < -0.4 is 5.32 Å². The molecule has 1 N–H and O–H groups in total. The number of aryl methyl sites for hydroxylation is 1. The van der Waals surface area contributed by atoms with Gasteiger partial charge in [0.05, 0.1) is 23.0 Å². The molecular formula is C17H30ClN3. The number of rotatable bonds is 7. The highest BCUT2D eigenvalue weighted by molar-refractivity contribution is 6.31. The van der Waals surface area contributed by atoms with Crippen molar-refractivity contribution < 1.29 is 0 Å². The fourth-order valence-corrected chi connectivity index (χ4v) is 3.98. The van der Waals surface area contributed by atoms with Gasteiger partial charge in [0.1, 0.15) is 0 Å². The molecule has 1 aromatic heterocycles. The van der Waals surface area contributed by atoms with Crippen LogP contribution in [0.3, 0.4) is 0 Å². The van der Waals surface area contributed by atoms with Crippen LogP contribution in [0.5, 0.6) is 0 Å². The maximum Gasteiger partial charge on any atom is 0.0834 e. The Hall–Kier alpha value is -0.540. The van der Waals surface area contributed by atoms with E-state index in [1.54, 1.807) is 6.20 Å². The third-order valence-electron chi connectivity index (χ3n) is 4.91. The highest BCUT2D eigenvalue weighted by atomic mass is 35.5. The minimum atomic E-state index is 0.356. The number of hydrogen-bond acceptors (Lipinski definition) is 2. The molecule has 3 nitrogen and oxygen atoms in total. The monoisotopic (exact) mass is 311 g/mol. The molecule has 21 heavy (non-hydrogen) atoms. The van der Waals surface area contributed by atoms with Gasteiger partial charge in [0.25, 0.3) is 0 Å². The van der Waals surface area contributed by atoms with Crippen LogP contribution >= 0.6 is 11.6 Å². The van der Waals surface area contributed by atoms with Crippen LogP contribution in [-0.4, -0.2) is 16.3 Å². The number of halogens is 1. The van der Waals surface area contributed by atoms with Crippen LogP contribution in [0.1, 0.15) is 71.0 Å². The Balaban J connectivity index is 2.22. The molecule has 120 valence electrons. The molecule has 0 amide bonds. The van der Waals surface area contributed by atoms with Crippen molar-refractivity contribution in [2.75, 3.05) is 6.54 Å². The van der Waals surface area contributed by atoms with Gasteiger partial charge in [-0.3, -0.25) is 4.68 Å². The molecule has 1 aliphatic carbocycles. The Morgan fingerprint density at radius 3 is 2.86 bits per heavy atom. The summed E-state index contributed by atoms with van der Waals surface area (Å²) in [7, 11) is 0. The lowest BCUT2D eigenvalue weighted by atomic mass is 9.76. The third kappa shape index (κ3) is 4.01. The summed E-state index contributed by atoms with van der Waals surface area (Å²) in [4.78, 5) is 0. The summed E-state index contributed by atoms with van der Waals surface area (Å²) in [6.07, 6.45) is 9.64. The van der Waals surface area contributed by atoms with Gasteiger partial charge in [-0.2, -0.15) is 5.10 Å². The molecule has 0 saturated heterocycles. The summed E-state index contributed by atoms with van der Waals surface area (Å²) in [6, 6.07) is 0.356. The zero-order valence-corrected chi connectivity index (χ0v) is 14.5. The van der Waals surface area contributed by atoms with Gasteiger partial charge in [0.2, 0.25) is 0 Å². The first kappa shape index (κ1) is 16.8. The molecule has 1 aromatic rings. The number of aromatic nitrogens is 2. The van der Waals surface area contributed by atoms with Gasteiger partial charge in [0, 0.05) is 6.54 Å². The molecule has 2 rings (SSSR count). The molecule has 0 spiro atoms. The first-order valence-electron chi connectivity index (χ1n) is 8.65. The van der Waals surface area contributed by atoms with Gasteiger partial charge in [0.15, 0.2) is 0 Å². The summed E-state index contributed by atoms with van der Waals surface area (Å²) in [6.45, 7) is 8.61. The molecule has 4 heteroatoms. The van der Waals surface area contributed by atoms with Gasteiger partial charge >= 0.3 is 0 Å². The van der Waals surface area contributed by atoms with E-state index in [1.165, 1.54) is 37.8 Å². The average Bonchev–Trinajstić information content (AvgIpc) is 2.89. The van der Waals surface area contributed by atoms with Crippen LogP contribution in [-0.2, 0) is 6.54 Å². The van der Waals surface area contributed by atoms with Gasteiger partial charge < -0.3 is 5.32 Å². The predicted octanol–water partition coefficient (Wildman–Crippen LogP) is 4.81. The molecule has 0 radical (unpaired) electrons. The Morgan fingerprint density at radius 1 is 1.38 bits per heavy atom. The van der Waals surface area contributed by atoms with E-state index in [1.807, 2.05) is 0 Å². The second kappa shape index (κ2) is 8.19. The highest BCUT2D eigenvalue weighted by Gasteiger charge is 2.31. The van der Waals surface area contributed by atoms with Crippen molar-refractivity contribution in [2.45, 2.75) is 71.9 Å². The van der Waals surface area contributed by atoms with Gasteiger partial charge in [-0.25, -0.2) is 0 Å². The fraction of sp³-hybridized carbons (Fsp3) is 0.824. The molecule has 0 aromatic carbocycles. The Kier molecular flexibility index (Phi) is 6.56. The van der Waals surface area contributed by atoms with E-state index in [0.717, 1.165) is 30.5 Å². The highest BCUT2D eigenvalue weighted by Crippen LogP contribution is 2.40. The molecule has 1 heterocycles. The molecule has 0 bridgehead atoms. The summed E-state index contributed by atoms with van der Waals surface area (Å²) in [5.74, 6) is 1.57. The molecule has 1 saturated carbocycles. The molecule has 3 atom stereocenters. The second-order valence-electron chi connectivity index (χ2n) is 6.33. The van der Waals surface area contributed by atoms with Crippen molar-refractivity contribution in [3.8, 4) is 0 Å². The minimum absolute atomic E-state index is 0.356. The summed E-state index contributed by atoms with van der Waals surface area (Å²) >= 11 is 6.46. The maximum atomic E-state index is 6.46. The molecule has 1 fully saturated rings. The SMILES string of the molecule is CCCNC(c1c(Cl)cnn1CC)C1CCCC(CC)C1. The molecule has 1 aliphatic rings. The van der Waals surface area contributed by atoms with Gasteiger partial charge in [-0.1, -0.05) is 44.7 Å². The first-order chi connectivity index (χ1) is 10.2. The minimum Gasteiger partial charge on any atom is -0.308 e. The summed E-state index contributed by atoms with van der Waals surface area (Å²) in [5, 5.41) is 9.02. The second-order valence-corrected chi connectivity index (χ2v) is 6.73. The van der Waals surface area contributed by atoms with Crippen LogP contribution in [0.4, 0.5) is 0 Å². The standard InChI is InChI=1S/C17H30ClN3/c1-4-10-19-16(14-9-7-8-13(5-2)11-14)17-15(18)12-20-21(17)6-3/h12-14,16,19H,4-11H2,1-3H3. The zero-order chi connectivity index (χ0) is 15.2. The van der Waals surface area contributed by atoms with Crippen molar-refractivity contribution in [3.63, 3.8) is 0 Å². The van der Waals surface area contributed by atoms with Gasteiger partial charge in [-0.15, -0.1) is 0 Å². The lowest BCUT2D eigenvalue weighted by Crippen LogP contribution is -2.34. The van der Waals surface area contributed by atoms with E-state index in [2.05, 4.69) is 35.9 Å². The maximum absolute atomic E-state index is 6.46. The first-order valence-corrected chi connectivity index (χ1v) is 9.03. The van der Waals surface area contributed by atoms with Crippen molar-refractivity contribution in [1.82, 2.24) is 15.1 Å².